The number of hydrogen-bond acceptors (Lipinski definition) is 10. The van der Waals surface area contributed by atoms with Crippen molar-refractivity contribution in [3.8, 4) is 0 Å². The van der Waals surface area contributed by atoms with E-state index < -0.39 is 27.5 Å². The average Bonchev–Trinajstić information content (AvgIpc) is 3.24. The number of methoxy groups -OCH3 is 1. The summed E-state index contributed by atoms with van der Waals surface area (Å²) in [6.45, 7) is 3.90. The van der Waals surface area contributed by atoms with Gasteiger partial charge in [0.2, 0.25) is 16.0 Å². The summed E-state index contributed by atoms with van der Waals surface area (Å²) in [4.78, 5) is 8.22. The highest BCUT2D eigenvalue weighted by Crippen LogP contribution is 2.32. The number of sulfonamides is 1. The summed E-state index contributed by atoms with van der Waals surface area (Å²) in [7, 11) is -2.58. The van der Waals surface area contributed by atoms with Crippen LogP contribution >= 0.6 is 11.6 Å². The molecule has 0 spiro atoms. The molecule has 2 fully saturated rings. The van der Waals surface area contributed by atoms with Crippen molar-refractivity contribution < 1.29 is 27.4 Å². The number of halogens is 1. The normalized spacial score (nSPS) is 22.1. The fraction of sp³-hybridized carbons (Fsp3) is 0.684. The van der Waals surface area contributed by atoms with E-state index in [1.807, 2.05) is 0 Å². The van der Waals surface area contributed by atoms with Crippen LogP contribution < -0.4 is 4.72 Å². The Morgan fingerprint density at radius 3 is 2.52 bits per heavy atom. The lowest BCUT2D eigenvalue weighted by Crippen LogP contribution is -2.34. The van der Waals surface area contributed by atoms with Gasteiger partial charge in [0, 0.05) is 38.8 Å². The Morgan fingerprint density at radius 1 is 1.15 bits per heavy atom. The van der Waals surface area contributed by atoms with Crippen molar-refractivity contribution in [1.29, 1.82) is 0 Å². The number of hydrogen-bond donors (Lipinski definition) is 1. The van der Waals surface area contributed by atoms with Crippen LogP contribution in [-0.4, -0.2) is 78.5 Å². The van der Waals surface area contributed by atoms with Crippen molar-refractivity contribution in [1.82, 2.24) is 24.7 Å². The van der Waals surface area contributed by atoms with Gasteiger partial charge in [-0.2, -0.15) is 0 Å². The Bertz CT molecular complexity index is 1020. The summed E-state index contributed by atoms with van der Waals surface area (Å²) >= 11 is 5.85. The Balaban J connectivity index is 1.62. The minimum atomic E-state index is -3.98. The molecule has 0 saturated carbocycles. The van der Waals surface area contributed by atoms with E-state index in [0.717, 1.165) is 0 Å². The highest BCUT2D eigenvalue weighted by Gasteiger charge is 2.36. The molecular weight excluding hydrogens is 476 g/mol. The second kappa shape index (κ2) is 10.6. The van der Waals surface area contributed by atoms with Gasteiger partial charge in [-0.3, -0.25) is 9.29 Å². The highest BCUT2D eigenvalue weighted by atomic mass is 35.5. The van der Waals surface area contributed by atoms with Gasteiger partial charge in [-0.15, -0.1) is 10.2 Å². The van der Waals surface area contributed by atoms with Crippen LogP contribution in [0.2, 0.25) is 5.02 Å². The SMILES string of the molecule is CO[C@H](c1ncc(Cl)cn1)[C@H](C)S(=O)(=O)Nc1nnc([C@H]2COCCO2)n1C1CCOCC1. The number of ether oxygens (including phenoxy) is 4. The molecule has 0 aliphatic carbocycles. The fourth-order valence-corrected chi connectivity index (χ4v) is 5.13. The molecule has 14 heteroatoms. The molecule has 0 radical (unpaired) electrons. The molecule has 2 aromatic heterocycles. The lowest BCUT2D eigenvalue weighted by Gasteiger charge is -2.29. The largest absolute Gasteiger partial charge is 0.381 e. The third-order valence-corrected chi connectivity index (χ3v) is 7.57. The highest BCUT2D eigenvalue weighted by molar-refractivity contribution is 7.93. The zero-order chi connectivity index (χ0) is 23.4. The molecule has 2 saturated heterocycles. The number of nitrogens with one attached hydrogen (secondary N) is 1. The molecule has 33 heavy (non-hydrogen) atoms. The van der Waals surface area contributed by atoms with Crippen molar-refractivity contribution in [2.75, 3.05) is 44.9 Å². The lowest BCUT2D eigenvalue weighted by molar-refractivity contribution is -0.0956. The van der Waals surface area contributed by atoms with Gasteiger partial charge >= 0.3 is 0 Å². The van der Waals surface area contributed by atoms with Crippen molar-refractivity contribution in [3.63, 3.8) is 0 Å². The maximum absolute atomic E-state index is 13.3. The van der Waals surface area contributed by atoms with Gasteiger partial charge in [0.15, 0.2) is 11.6 Å². The second-order valence-electron chi connectivity index (χ2n) is 7.80. The smallest absolute Gasteiger partial charge is 0.240 e. The molecule has 2 aliphatic heterocycles. The summed E-state index contributed by atoms with van der Waals surface area (Å²) in [6, 6.07) is -0.0416. The third-order valence-electron chi connectivity index (χ3n) is 5.68. The molecule has 4 heterocycles. The van der Waals surface area contributed by atoms with Crippen LogP contribution in [0.3, 0.4) is 0 Å². The lowest BCUT2D eigenvalue weighted by atomic mass is 10.1. The summed E-state index contributed by atoms with van der Waals surface area (Å²) in [5, 5.41) is 7.72. The van der Waals surface area contributed by atoms with Gasteiger partial charge in [-0.1, -0.05) is 11.6 Å². The van der Waals surface area contributed by atoms with Crippen molar-refractivity contribution in [2.24, 2.45) is 0 Å². The monoisotopic (exact) mass is 502 g/mol. The molecule has 182 valence electrons. The minimum absolute atomic E-state index is 0.0416. The molecule has 1 N–H and O–H groups in total. The number of rotatable bonds is 8. The van der Waals surface area contributed by atoms with Gasteiger partial charge in [0.25, 0.3) is 0 Å². The zero-order valence-electron chi connectivity index (χ0n) is 18.4. The summed E-state index contributed by atoms with van der Waals surface area (Å²) in [6.07, 6.45) is 2.82. The van der Waals surface area contributed by atoms with E-state index >= 15 is 0 Å². The van der Waals surface area contributed by atoms with Gasteiger partial charge in [0.05, 0.1) is 24.8 Å². The van der Waals surface area contributed by atoms with Crippen molar-refractivity contribution in [3.05, 3.63) is 29.1 Å². The quantitative estimate of drug-likeness (QED) is 0.566. The Kier molecular flexibility index (Phi) is 7.76. The molecular formula is C19H27ClN6O6S. The number of nitrogens with zero attached hydrogens (tertiary/aromatic N) is 5. The molecule has 3 atom stereocenters. The first-order valence-corrected chi connectivity index (χ1v) is 12.6. The summed E-state index contributed by atoms with van der Waals surface area (Å²) < 4.78 is 53.3. The van der Waals surface area contributed by atoms with E-state index in [4.69, 9.17) is 30.5 Å². The first-order valence-electron chi connectivity index (χ1n) is 10.6. The summed E-state index contributed by atoms with van der Waals surface area (Å²) in [5.74, 6) is 0.847. The second-order valence-corrected chi connectivity index (χ2v) is 10.3. The van der Waals surface area contributed by atoms with Gasteiger partial charge in [0.1, 0.15) is 17.5 Å². The van der Waals surface area contributed by atoms with Gasteiger partial charge in [-0.05, 0) is 19.8 Å². The van der Waals surface area contributed by atoms with Crippen molar-refractivity contribution >= 4 is 27.6 Å². The average molecular weight is 503 g/mol. The minimum Gasteiger partial charge on any atom is -0.381 e. The van der Waals surface area contributed by atoms with Crippen LogP contribution in [0.25, 0.3) is 0 Å². The third kappa shape index (κ3) is 5.44. The molecule has 0 aromatic carbocycles. The zero-order valence-corrected chi connectivity index (χ0v) is 20.0. The Labute approximate surface area is 197 Å². The van der Waals surface area contributed by atoms with E-state index in [1.165, 1.54) is 26.4 Å². The van der Waals surface area contributed by atoms with E-state index in [9.17, 15) is 8.42 Å². The molecule has 12 nitrogen and oxygen atoms in total. The topological polar surface area (TPSA) is 140 Å². The van der Waals surface area contributed by atoms with E-state index in [2.05, 4.69) is 24.9 Å². The first-order chi connectivity index (χ1) is 15.9. The Morgan fingerprint density at radius 2 is 1.88 bits per heavy atom. The van der Waals surface area contributed by atoms with E-state index in [-0.39, 0.29) is 17.8 Å². The van der Waals surface area contributed by atoms with Crippen LogP contribution in [0.5, 0.6) is 0 Å². The van der Waals surface area contributed by atoms with Gasteiger partial charge < -0.3 is 18.9 Å². The van der Waals surface area contributed by atoms with Crippen molar-refractivity contribution in [2.45, 2.75) is 43.3 Å². The van der Waals surface area contributed by atoms with E-state index in [0.29, 0.717) is 56.7 Å². The molecule has 0 amide bonds. The van der Waals surface area contributed by atoms with E-state index in [1.54, 1.807) is 4.57 Å². The number of aromatic nitrogens is 5. The molecule has 0 unspecified atom stereocenters. The van der Waals surface area contributed by atoms with Crippen LogP contribution in [0.4, 0.5) is 5.95 Å². The standard InChI is InChI=1S/C19H27ClN6O6S/c1-12(16(29-2)17-21-9-13(20)10-22-17)33(27,28)25-19-24-23-18(15-11-31-7-8-32-15)26(19)14-3-5-30-6-4-14/h9-10,12,14-16H,3-8,11H2,1-2H3,(H,24,25)/t12-,15+,16-/m0/s1. The predicted octanol–water partition coefficient (Wildman–Crippen LogP) is 1.68. The molecule has 2 aromatic rings. The predicted molar refractivity (Wildman–Crippen MR) is 117 cm³/mol. The number of anilines is 1. The van der Waals surface area contributed by atoms with Crippen LogP contribution in [0, 0.1) is 0 Å². The molecule has 2 aliphatic rings. The summed E-state index contributed by atoms with van der Waals surface area (Å²) in [5.41, 5.74) is 0. The van der Waals surface area contributed by atoms with Gasteiger partial charge in [-0.25, -0.2) is 18.4 Å². The van der Waals surface area contributed by atoms with Crippen LogP contribution in [0.1, 0.15) is 49.7 Å². The van der Waals surface area contributed by atoms with Crippen LogP contribution in [-0.2, 0) is 29.0 Å². The molecule has 0 bridgehead atoms. The maximum atomic E-state index is 13.3. The maximum Gasteiger partial charge on any atom is 0.240 e. The first kappa shape index (κ1) is 24.2. The fourth-order valence-electron chi connectivity index (χ4n) is 3.89. The molecule has 4 rings (SSSR count). The van der Waals surface area contributed by atoms with Crippen LogP contribution in [0.15, 0.2) is 12.4 Å². The Hall–Kier alpha value is -1.90.